The number of carbonyl (C=O) groups excluding carboxylic acids is 1. The molecule has 0 aliphatic carbocycles. The Balaban J connectivity index is 0.000000255. The lowest BCUT2D eigenvalue weighted by Crippen LogP contribution is -2.11. The van der Waals surface area contributed by atoms with Crippen molar-refractivity contribution >= 4 is 21.7 Å². The third-order valence-electron chi connectivity index (χ3n) is 1.33. The number of rotatable bonds is 2. The number of aromatic hydroxyl groups is 1. The van der Waals surface area contributed by atoms with Gasteiger partial charge in [0.1, 0.15) is 16.1 Å². The second-order valence-electron chi connectivity index (χ2n) is 2.44. The average Bonchev–Trinajstić information content (AvgIpc) is 2.22. The molecule has 3 N–H and O–H groups in total. The molecule has 0 fully saturated rings. The van der Waals surface area contributed by atoms with E-state index in [1.165, 1.54) is 6.20 Å². The molecule has 1 aromatic heterocycles. The largest absolute Gasteiger partial charge is 0.506 e. The van der Waals surface area contributed by atoms with Gasteiger partial charge in [-0.15, -0.1) is 0 Å². The van der Waals surface area contributed by atoms with E-state index in [0.717, 1.165) is 4.60 Å². The first-order valence-electron chi connectivity index (χ1n) is 4.12. The van der Waals surface area contributed by atoms with Crippen LogP contribution in [0.15, 0.2) is 22.9 Å². The van der Waals surface area contributed by atoms with Crippen molar-refractivity contribution < 1.29 is 9.90 Å². The van der Waals surface area contributed by atoms with Crippen LogP contribution in [0.3, 0.4) is 0 Å². The number of hydrogen-bond acceptors (Lipinski definition) is 4. The van der Waals surface area contributed by atoms with Crippen LogP contribution in [0.2, 0.25) is 0 Å². The van der Waals surface area contributed by atoms with Gasteiger partial charge in [-0.05, 0) is 28.1 Å². The zero-order valence-electron chi connectivity index (χ0n) is 7.90. The molecule has 0 atom stereocenters. The maximum Gasteiger partial charge on any atom is 0.146 e. The lowest BCUT2D eigenvalue weighted by molar-refractivity contribution is -0.117. The minimum Gasteiger partial charge on any atom is -0.506 e. The molecular formula is C9H13BrN2O2. The Labute approximate surface area is 91.3 Å². The fourth-order valence-electron chi connectivity index (χ4n) is 0.512. The molecule has 4 nitrogen and oxygen atoms in total. The van der Waals surface area contributed by atoms with Crippen LogP contribution in [0.25, 0.3) is 0 Å². The molecule has 14 heavy (non-hydrogen) atoms. The predicted octanol–water partition coefficient (Wildman–Crippen LogP) is 1.47. The zero-order chi connectivity index (χ0) is 11.0. The molecule has 0 saturated carbocycles. The molecule has 0 saturated heterocycles. The summed E-state index contributed by atoms with van der Waals surface area (Å²) in [4.78, 5) is 13.8. The molecule has 0 aromatic carbocycles. The quantitative estimate of drug-likeness (QED) is 0.790. The van der Waals surface area contributed by atoms with E-state index in [2.05, 4.69) is 20.9 Å². The van der Waals surface area contributed by atoms with Crippen molar-refractivity contribution in [3.63, 3.8) is 0 Å². The second kappa shape index (κ2) is 7.46. The first kappa shape index (κ1) is 13.1. The number of nitrogens with two attached hydrogens (primary N) is 1. The van der Waals surface area contributed by atoms with Crippen molar-refractivity contribution in [3.05, 3.63) is 22.9 Å². The summed E-state index contributed by atoms with van der Waals surface area (Å²) in [6, 6.07) is 3.24. The normalized spacial score (nSPS) is 8.79. The third kappa shape index (κ3) is 6.56. The van der Waals surface area contributed by atoms with E-state index in [0.29, 0.717) is 6.42 Å². The summed E-state index contributed by atoms with van der Waals surface area (Å²) >= 11 is 3.12. The van der Waals surface area contributed by atoms with Crippen molar-refractivity contribution in [2.24, 2.45) is 5.73 Å². The number of hydrogen-bond donors (Lipinski definition) is 2. The second-order valence-corrected chi connectivity index (χ2v) is 3.25. The molecule has 5 heteroatoms. The molecule has 0 bridgehead atoms. The number of halogens is 1. The van der Waals surface area contributed by atoms with Crippen LogP contribution < -0.4 is 5.73 Å². The monoisotopic (exact) mass is 260 g/mol. The van der Waals surface area contributed by atoms with Crippen molar-refractivity contribution in [1.82, 2.24) is 4.98 Å². The minimum absolute atomic E-state index is 0.120. The lowest BCUT2D eigenvalue weighted by Gasteiger charge is -1.87. The fourth-order valence-corrected chi connectivity index (χ4v) is 0.747. The van der Waals surface area contributed by atoms with Gasteiger partial charge in [0.2, 0.25) is 0 Å². The molecule has 0 aliphatic rings. The van der Waals surface area contributed by atoms with E-state index < -0.39 is 0 Å². The summed E-state index contributed by atoms with van der Waals surface area (Å²) < 4.78 is 0.732. The highest BCUT2D eigenvalue weighted by molar-refractivity contribution is 9.10. The van der Waals surface area contributed by atoms with Gasteiger partial charge in [0.05, 0.1) is 12.7 Å². The molecule has 78 valence electrons. The van der Waals surface area contributed by atoms with Crippen LogP contribution >= 0.6 is 15.9 Å². The summed E-state index contributed by atoms with van der Waals surface area (Å²) in [7, 11) is 0. The van der Waals surface area contributed by atoms with E-state index >= 15 is 0 Å². The predicted molar refractivity (Wildman–Crippen MR) is 58.0 cm³/mol. The highest BCUT2D eigenvalue weighted by atomic mass is 79.9. The Kier molecular flexibility index (Phi) is 6.96. The number of aromatic nitrogens is 1. The average molecular weight is 261 g/mol. The summed E-state index contributed by atoms with van der Waals surface area (Å²) in [6.07, 6.45) is 1.95. The summed E-state index contributed by atoms with van der Waals surface area (Å²) in [5, 5.41) is 8.67. The Morgan fingerprint density at radius 1 is 1.64 bits per heavy atom. The molecule has 1 heterocycles. The van der Waals surface area contributed by atoms with Crippen molar-refractivity contribution in [1.29, 1.82) is 0 Å². The van der Waals surface area contributed by atoms with E-state index in [1.54, 1.807) is 19.1 Å². The fraction of sp³-hybridized carbons (Fsp3) is 0.333. The first-order valence-corrected chi connectivity index (χ1v) is 4.91. The Morgan fingerprint density at radius 3 is 2.50 bits per heavy atom. The van der Waals surface area contributed by atoms with Gasteiger partial charge in [0.25, 0.3) is 0 Å². The molecule has 1 rings (SSSR count). The zero-order valence-corrected chi connectivity index (χ0v) is 9.49. The van der Waals surface area contributed by atoms with Crippen molar-refractivity contribution in [2.45, 2.75) is 13.3 Å². The van der Waals surface area contributed by atoms with Crippen LogP contribution in [-0.2, 0) is 4.79 Å². The summed E-state index contributed by atoms with van der Waals surface area (Å²) in [5.41, 5.74) is 4.93. The van der Waals surface area contributed by atoms with Crippen LogP contribution in [0.4, 0.5) is 0 Å². The molecule has 0 amide bonds. The van der Waals surface area contributed by atoms with E-state index in [4.69, 9.17) is 10.8 Å². The maximum atomic E-state index is 10.1. The van der Waals surface area contributed by atoms with Gasteiger partial charge in [0.15, 0.2) is 0 Å². The Morgan fingerprint density at radius 2 is 2.29 bits per heavy atom. The topological polar surface area (TPSA) is 76.2 Å². The van der Waals surface area contributed by atoms with Gasteiger partial charge in [-0.3, -0.25) is 4.79 Å². The van der Waals surface area contributed by atoms with Gasteiger partial charge in [-0.25, -0.2) is 4.98 Å². The smallest absolute Gasteiger partial charge is 0.146 e. The highest BCUT2D eigenvalue weighted by Gasteiger charge is 1.87. The van der Waals surface area contributed by atoms with Crippen molar-refractivity contribution in [3.8, 4) is 5.75 Å². The van der Waals surface area contributed by atoms with Gasteiger partial charge in [0, 0.05) is 6.42 Å². The van der Waals surface area contributed by atoms with Gasteiger partial charge < -0.3 is 10.8 Å². The number of nitrogens with zero attached hydrogens (tertiary/aromatic N) is 1. The molecule has 0 aliphatic heterocycles. The van der Waals surface area contributed by atoms with E-state index in [1.807, 2.05) is 0 Å². The highest BCUT2D eigenvalue weighted by Crippen LogP contribution is 2.09. The van der Waals surface area contributed by atoms with Gasteiger partial charge >= 0.3 is 0 Å². The summed E-state index contributed by atoms with van der Waals surface area (Å²) in [5.74, 6) is 0.309. The molecular weight excluding hydrogens is 248 g/mol. The number of Topliss-reactive ketones (excluding diaryl/α,β-unsaturated/α-hetero) is 1. The van der Waals surface area contributed by atoms with E-state index in [9.17, 15) is 4.79 Å². The Bertz CT molecular complexity index is 248. The molecule has 0 radical (unpaired) electrons. The van der Waals surface area contributed by atoms with E-state index in [-0.39, 0.29) is 18.1 Å². The SMILES string of the molecule is CCC(=O)CN.Oc1ccc(Br)nc1. The molecule has 0 unspecified atom stereocenters. The number of pyridine rings is 1. The minimum atomic E-state index is 0.120. The van der Waals surface area contributed by atoms with Crippen molar-refractivity contribution in [2.75, 3.05) is 6.54 Å². The third-order valence-corrected chi connectivity index (χ3v) is 1.80. The standard InChI is InChI=1S/C5H4BrNO.C4H9NO/c6-5-2-1-4(8)3-7-5;1-2-4(6)3-5/h1-3,8H;2-3,5H2,1H3. The van der Waals surface area contributed by atoms with Crippen LogP contribution in [0, 0.1) is 0 Å². The summed E-state index contributed by atoms with van der Waals surface area (Å²) in [6.45, 7) is 1.99. The van der Waals surface area contributed by atoms with Crippen LogP contribution in [0.5, 0.6) is 5.75 Å². The van der Waals surface area contributed by atoms with Crippen LogP contribution in [0.1, 0.15) is 13.3 Å². The van der Waals surface area contributed by atoms with Crippen LogP contribution in [-0.4, -0.2) is 22.4 Å². The first-order chi connectivity index (χ1) is 6.60. The molecule has 0 spiro atoms. The van der Waals surface area contributed by atoms with Gasteiger partial charge in [-0.2, -0.15) is 0 Å². The Hall–Kier alpha value is -0.940. The molecule has 1 aromatic rings. The number of carbonyl (C=O) groups is 1. The number of ketones is 1. The van der Waals surface area contributed by atoms with Gasteiger partial charge in [-0.1, -0.05) is 6.92 Å². The maximum absolute atomic E-state index is 10.1. The lowest BCUT2D eigenvalue weighted by atomic mass is 10.3.